The van der Waals surface area contributed by atoms with Crippen molar-refractivity contribution in [3.05, 3.63) is 63.6 Å². The van der Waals surface area contributed by atoms with Crippen molar-refractivity contribution in [3.63, 3.8) is 0 Å². The Morgan fingerprint density at radius 2 is 1.70 bits per heavy atom. The maximum atomic E-state index is 15.1. The number of aryl methyl sites for hydroxylation is 1. The van der Waals surface area contributed by atoms with Gasteiger partial charge in [-0.25, -0.2) is 14.4 Å². The molecule has 40 heavy (non-hydrogen) atoms. The molecule has 2 aliphatic heterocycles. The number of benzene rings is 2. The lowest BCUT2D eigenvalue weighted by atomic mass is 10.0. The first-order valence-electron chi connectivity index (χ1n) is 13.5. The molecule has 1 aromatic heterocycles. The molecule has 0 radical (unpaired) electrons. The third-order valence-electron chi connectivity index (χ3n) is 7.73. The Morgan fingerprint density at radius 1 is 1.00 bits per heavy atom. The van der Waals surface area contributed by atoms with Gasteiger partial charge in [-0.15, -0.1) is 0 Å². The predicted octanol–water partition coefficient (Wildman–Crippen LogP) is 5.78. The van der Waals surface area contributed by atoms with Crippen molar-refractivity contribution >= 4 is 40.5 Å². The van der Waals surface area contributed by atoms with E-state index < -0.39 is 0 Å². The molecular formula is C29H35Cl2FN6O2. The Labute approximate surface area is 245 Å². The van der Waals surface area contributed by atoms with Crippen LogP contribution < -0.4 is 19.7 Å². The molecule has 11 heteroatoms. The van der Waals surface area contributed by atoms with E-state index in [-0.39, 0.29) is 12.4 Å². The van der Waals surface area contributed by atoms with Crippen LogP contribution in [-0.4, -0.2) is 79.2 Å². The summed E-state index contributed by atoms with van der Waals surface area (Å²) in [5.41, 5.74) is 2.68. The van der Waals surface area contributed by atoms with Gasteiger partial charge in [0.05, 0.1) is 35.2 Å². The maximum Gasteiger partial charge on any atom is 0.227 e. The van der Waals surface area contributed by atoms with Crippen LogP contribution in [0.4, 0.5) is 21.7 Å². The molecule has 0 amide bonds. The highest BCUT2D eigenvalue weighted by Gasteiger charge is 2.27. The summed E-state index contributed by atoms with van der Waals surface area (Å²) >= 11 is 12.8. The fourth-order valence-corrected chi connectivity index (χ4v) is 5.85. The summed E-state index contributed by atoms with van der Waals surface area (Å²) in [5.74, 6) is 1.05. The molecule has 2 saturated heterocycles. The molecule has 0 atom stereocenters. The third kappa shape index (κ3) is 6.54. The highest BCUT2D eigenvalue weighted by atomic mass is 35.5. The lowest BCUT2D eigenvalue weighted by Gasteiger charge is -2.42. The number of piperazine rings is 1. The van der Waals surface area contributed by atoms with Gasteiger partial charge in [-0.1, -0.05) is 23.2 Å². The van der Waals surface area contributed by atoms with Crippen molar-refractivity contribution in [2.24, 2.45) is 0 Å². The summed E-state index contributed by atoms with van der Waals surface area (Å²) < 4.78 is 26.2. The van der Waals surface area contributed by atoms with Crippen molar-refractivity contribution in [2.75, 3.05) is 63.6 Å². The fourth-order valence-electron chi connectivity index (χ4n) is 5.32. The summed E-state index contributed by atoms with van der Waals surface area (Å²) in [7, 11) is 3.73. The van der Waals surface area contributed by atoms with Crippen LogP contribution in [0.1, 0.15) is 24.0 Å². The van der Waals surface area contributed by atoms with Gasteiger partial charge in [0, 0.05) is 56.6 Å². The van der Waals surface area contributed by atoms with Crippen LogP contribution in [0.15, 0.2) is 36.7 Å². The first-order chi connectivity index (χ1) is 19.3. The van der Waals surface area contributed by atoms with Gasteiger partial charge in [0.15, 0.2) is 5.75 Å². The molecule has 8 nitrogen and oxygen atoms in total. The minimum absolute atomic E-state index is 0.130. The number of piperidine rings is 1. The van der Waals surface area contributed by atoms with E-state index in [4.69, 9.17) is 32.7 Å². The smallest absolute Gasteiger partial charge is 0.227 e. The molecule has 1 N–H and O–H groups in total. The van der Waals surface area contributed by atoms with Crippen LogP contribution in [0.25, 0.3) is 0 Å². The third-order valence-corrected chi connectivity index (χ3v) is 8.68. The molecule has 2 fully saturated rings. The number of nitrogens with one attached hydrogen (secondary N) is 1. The zero-order valence-corrected chi connectivity index (χ0v) is 24.6. The van der Waals surface area contributed by atoms with Gasteiger partial charge in [0.25, 0.3) is 0 Å². The Hall–Kier alpha value is -2.85. The van der Waals surface area contributed by atoms with E-state index in [2.05, 4.69) is 37.0 Å². The van der Waals surface area contributed by atoms with Gasteiger partial charge < -0.3 is 24.6 Å². The summed E-state index contributed by atoms with van der Waals surface area (Å²) in [5, 5.41) is 3.99. The van der Waals surface area contributed by atoms with Crippen molar-refractivity contribution in [3.8, 4) is 11.5 Å². The van der Waals surface area contributed by atoms with Gasteiger partial charge in [0.2, 0.25) is 5.95 Å². The summed E-state index contributed by atoms with van der Waals surface area (Å²) in [6.07, 6.45) is 5.20. The highest BCUT2D eigenvalue weighted by molar-refractivity contribution is 6.37. The second-order valence-corrected chi connectivity index (χ2v) is 11.1. The molecular weight excluding hydrogens is 554 g/mol. The first-order valence-corrected chi connectivity index (χ1v) is 14.3. The molecule has 0 spiro atoms. The van der Waals surface area contributed by atoms with Crippen molar-refractivity contribution in [1.29, 1.82) is 0 Å². The molecule has 214 valence electrons. The molecule has 0 aliphatic carbocycles. The van der Waals surface area contributed by atoms with Crippen LogP contribution in [0.2, 0.25) is 10.0 Å². The number of hydrogen-bond donors (Lipinski definition) is 1. The summed E-state index contributed by atoms with van der Waals surface area (Å²) in [6, 6.07) is 7.55. The quantitative estimate of drug-likeness (QED) is 0.355. The standard InChI is InChI=1S/C29H35Cl2FN6O2/c1-19-14-26(39-3)28(31)23(27(19)30)18-40-22-16-33-29(34-17-22)35-20-4-5-25(24(32)15-20)38-8-6-21(7-9-38)37-12-10-36(2)11-13-37/h4-5,14-17,21H,6-13,18H2,1-3H3,(H,33,34,35). The number of methoxy groups -OCH3 is 1. The van der Waals surface area contributed by atoms with Gasteiger partial charge in [-0.2, -0.15) is 0 Å². The number of hydrogen-bond acceptors (Lipinski definition) is 8. The van der Waals surface area contributed by atoms with Crippen molar-refractivity contribution in [2.45, 2.75) is 32.4 Å². The Balaban J connectivity index is 1.15. The lowest BCUT2D eigenvalue weighted by molar-refractivity contribution is 0.0981. The zero-order valence-electron chi connectivity index (χ0n) is 23.1. The minimum atomic E-state index is -0.259. The molecule has 0 bridgehead atoms. The summed E-state index contributed by atoms with van der Waals surface area (Å²) in [4.78, 5) is 15.7. The molecule has 5 rings (SSSR count). The van der Waals surface area contributed by atoms with Gasteiger partial charge in [-0.3, -0.25) is 4.90 Å². The largest absolute Gasteiger partial charge is 0.495 e. The van der Waals surface area contributed by atoms with E-state index in [0.29, 0.717) is 50.5 Å². The van der Waals surface area contributed by atoms with Crippen LogP contribution in [0.5, 0.6) is 11.5 Å². The summed E-state index contributed by atoms with van der Waals surface area (Å²) in [6.45, 7) is 8.21. The molecule has 2 aliphatic rings. The molecule has 0 unspecified atom stereocenters. The van der Waals surface area contributed by atoms with Crippen LogP contribution in [-0.2, 0) is 6.61 Å². The number of anilines is 3. The average Bonchev–Trinajstić information content (AvgIpc) is 2.96. The number of aromatic nitrogens is 2. The Kier molecular flexibility index (Phi) is 9.15. The van der Waals surface area contributed by atoms with E-state index in [9.17, 15) is 0 Å². The van der Waals surface area contributed by atoms with Crippen LogP contribution in [0.3, 0.4) is 0 Å². The average molecular weight is 590 g/mol. The number of likely N-dealkylation sites (N-methyl/N-ethyl adjacent to an activating group) is 1. The van der Waals surface area contributed by atoms with Crippen molar-refractivity contribution < 1.29 is 13.9 Å². The Bertz CT molecular complexity index is 1310. The molecule has 0 saturated carbocycles. The lowest BCUT2D eigenvalue weighted by Crippen LogP contribution is -2.52. The molecule has 3 heterocycles. The second kappa shape index (κ2) is 12.8. The molecule has 2 aromatic carbocycles. The number of nitrogens with zero attached hydrogens (tertiary/aromatic N) is 5. The SMILES string of the molecule is COc1cc(C)c(Cl)c(COc2cnc(Nc3ccc(N4CCC(N5CCN(C)CC5)CC4)c(F)c3)nc2)c1Cl. The van der Waals surface area contributed by atoms with E-state index in [1.54, 1.807) is 25.6 Å². The zero-order chi connectivity index (χ0) is 28.2. The van der Waals surface area contributed by atoms with E-state index in [1.165, 1.54) is 6.07 Å². The number of rotatable bonds is 8. The predicted molar refractivity (Wildman–Crippen MR) is 158 cm³/mol. The number of ether oxygens (including phenoxy) is 2. The van der Waals surface area contributed by atoms with Gasteiger partial charge in [0.1, 0.15) is 18.2 Å². The van der Waals surface area contributed by atoms with Crippen LogP contribution >= 0.6 is 23.2 Å². The monoisotopic (exact) mass is 588 g/mol. The van der Waals surface area contributed by atoms with E-state index in [1.807, 2.05) is 19.1 Å². The van der Waals surface area contributed by atoms with E-state index >= 15 is 4.39 Å². The second-order valence-electron chi connectivity index (χ2n) is 10.4. The first kappa shape index (κ1) is 28.7. The number of halogens is 3. The molecule has 3 aromatic rings. The van der Waals surface area contributed by atoms with Crippen molar-refractivity contribution in [1.82, 2.24) is 19.8 Å². The normalized spacial score (nSPS) is 17.2. The van der Waals surface area contributed by atoms with Gasteiger partial charge >= 0.3 is 0 Å². The Morgan fingerprint density at radius 3 is 2.35 bits per heavy atom. The van der Waals surface area contributed by atoms with Gasteiger partial charge in [-0.05, 0) is 56.6 Å². The topological polar surface area (TPSA) is 66.0 Å². The highest BCUT2D eigenvalue weighted by Crippen LogP contribution is 2.36. The minimum Gasteiger partial charge on any atom is -0.495 e. The fraction of sp³-hybridized carbons (Fsp3) is 0.448. The van der Waals surface area contributed by atoms with E-state index in [0.717, 1.165) is 57.7 Å². The maximum absolute atomic E-state index is 15.1. The van der Waals surface area contributed by atoms with Crippen LogP contribution in [0, 0.1) is 12.7 Å².